The van der Waals surface area contributed by atoms with Crippen molar-refractivity contribution in [2.24, 2.45) is 0 Å². The van der Waals surface area contributed by atoms with Crippen molar-refractivity contribution in [1.29, 1.82) is 0 Å². The average Bonchev–Trinajstić information content (AvgIpc) is 2.40. The van der Waals surface area contributed by atoms with E-state index in [0.717, 1.165) is 29.4 Å². The van der Waals surface area contributed by atoms with E-state index in [1.807, 2.05) is 26.0 Å². The number of benzene rings is 1. The van der Waals surface area contributed by atoms with Crippen LogP contribution in [-0.4, -0.2) is 26.3 Å². The summed E-state index contributed by atoms with van der Waals surface area (Å²) in [5.74, 6) is 1.94. The molecule has 1 aromatic rings. The topological polar surface area (TPSA) is 30.5 Å². The van der Waals surface area contributed by atoms with Gasteiger partial charge >= 0.3 is 0 Å². The summed E-state index contributed by atoms with van der Waals surface area (Å²) >= 11 is 6.39. The minimum atomic E-state index is 0.118. The molecule has 0 amide bonds. The fourth-order valence-corrected chi connectivity index (χ4v) is 2.79. The van der Waals surface area contributed by atoms with Gasteiger partial charge in [0.15, 0.2) is 11.5 Å². The molecule has 0 radical (unpaired) electrons. The fraction of sp³-hybridized carbons (Fsp3) is 0.600. The van der Waals surface area contributed by atoms with Crippen LogP contribution in [0.15, 0.2) is 12.1 Å². The van der Waals surface area contributed by atoms with Crippen LogP contribution in [0, 0.1) is 0 Å². The maximum Gasteiger partial charge on any atom is 0.162 e. The Labute approximate surface area is 120 Å². The van der Waals surface area contributed by atoms with Gasteiger partial charge in [0, 0.05) is 17.6 Å². The molecule has 2 rings (SSSR count). The smallest absolute Gasteiger partial charge is 0.162 e. The summed E-state index contributed by atoms with van der Waals surface area (Å²) in [7, 11) is 1.64. The first kappa shape index (κ1) is 14.5. The number of piperidine rings is 1. The average molecular weight is 284 g/mol. The Morgan fingerprint density at radius 3 is 2.68 bits per heavy atom. The molecule has 1 unspecified atom stereocenters. The highest BCUT2D eigenvalue weighted by atomic mass is 35.5. The first-order chi connectivity index (χ1) is 9.11. The van der Waals surface area contributed by atoms with Gasteiger partial charge in [-0.2, -0.15) is 0 Å². The minimum absolute atomic E-state index is 0.118. The SMILES string of the molecule is COc1cc(Cl)c(C2CCCNC2)cc1OC(C)C. The number of ether oxygens (including phenoxy) is 2. The lowest BCUT2D eigenvalue weighted by molar-refractivity contribution is 0.229. The van der Waals surface area contributed by atoms with E-state index in [9.17, 15) is 0 Å². The molecule has 1 saturated heterocycles. The molecule has 1 N–H and O–H groups in total. The summed E-state index contributed by atoms with van der Waals surface area (Å²) in [5.41, 5.74) is 1.16. The summed E-state index contributed by atoms with van der Waals surface area (Å²) in [6, 6.07) is 3.90. The Bertz CT molecular complexity index is 428. The lowest BCUT2D eigenvalue weighted by atomic mass is 9.91. The van der Waals surface area contributed by atoms with Crippen molar-refractivity contribution >= 4 is 11.6 Å². The molecule has 0 saturated carbocycles. The number of hydrogen-bond acceptors (Lipinski definition) is 3. The zero-order chi connectivity index (χ0) is 13.8. The van der Waals surface area contributed by atoms with E-state index < -0.39 is 0 Å². The van der Waals surface area contributed by atoms with Crippen molar-refractivity contribution < 1.29 is 9.47 Å². The highest BCUT2D eigenvalue weighted by Gasteiger charge is 2.20. The van der Waals surface area contributed by atoms with Crippen molar-refractivity contribution in [3.63, 3.8) is 0 Å². The molecule has 4 heteroatoms. The van der Waals surface area contributed by atoms with Gasteiger partial charge in [-0.1, -0.05) is 11.6 Å². The number of methoxy groups -OCH3 is 1. The van der Waals surface area contributed by atoms with Crippen LogP contribution in [0.1, 0.15) is 38.2 Å². The second-order valence-corrected chi connectivity index (χ2v) is 5.64. The third kappa shape index (κ3) is 3.54. The van der Waals surface area contributed by atoms with Gasteiger partial charge in [0.05, 0.1) is 13.2 Å². The van der Waals surface area contributed by atoms with Gasteiger partial charge < -0.3 is 14.8 Å². The van der Waals surface area contributed by atoms with Crippen LogP contribution >= 0.6 is 11.6 Å². The predicted molar refractivity (Wildman–Crippen MR) is 78.6 cm³/mol. The number of rotatable bonds is 4. The van der Waals surface area contributed by atoms with Crippen LogP contribution in [0.2, 0.25) is 5.02 Å². The molecular formula is C15H22ClNO2. The highest BCUT2D eigenvalue weighted by Crippen LogP contribution is 2.38. The van der Waals surface area contributed by atoms with Crippen molar-refractivity contribution in [2.45, 2.75) is 38.7 Å². The van der Waals surface area contributed by atoms with E-state index in [4.69, 9.17) is 21.1 Å². The molecule has 0 spiro atoms. The number of hydrogen-bond donors (Lipinski definition) is 1. The zero-order valence-corrected chi connectivity index (χ0v) is 12.6. The molecule has 1 aliphatic heterocycles. The molecule has 1 heterocycles. The van der Waals surface area contributed by atoms with Crippen LogP contribution in [0.4, 0.5) is 0 Å². The van der Waals surface area contributed by atoms with Gasteiger partial charge in [0.25, 0.3) is 0 Å². The quantitative estimate of drug-likeness (QED) is 0.916. The standard InChI is InChI=1S/C15H22ClNO2/c1-10(2)19-15-7-12(11-5-4-6-17-9-11)13(16)8-14(15)18-3/h7-8,10-11,17H,4-6,9H2,1-3H3. The van der Waals surface area contributed by atoms with Crippen molar-refractivity contribution in [1.82, 2.24) is 5.32 Å². The third-order valence-corrected chi connectivity index (χ3v) is 3.71. The van der Waals surface area contributed by atoms with Crippen molar-refractivity contribution in [3.05, 3.63) is 22.7 Å². The lowest BCUT2D eigenvalue weighted by Crippen LogP contribution is -2.28. The Balaban J connectivity index is 2.31. The van der Waals surface area contributed by atoms with Crippen LogP contribution < -0.4 is 14.8 Å². The number of nitrogens with one attached hydrogen (secondary N) is 1. The predicted octanol–water partition coefficient (Wildman–Crippen LogP) is 3.60. The maximum absolute atomic E-state index is 6.39. The molecule has 19 heavy (non-hydrogen) atoms. The second kappa shape index (κ2) is 6.49. The van der Waals surface area contributed by atoms with E-state index in [-0.39, 0.29) is 6.10 Å². The van der Waals surface area contributed by atoms with Crippen LogP contribution in [0.5, 0.6) is 11.5 Å². The Morgan fingerprint density at radius 2 is 2.11 bits per heavy atom. The Hall–Kier alpha value is -0.930. The normalized spacial score (nSPS) is 19.5. The van der Waals surface area contributed by atoms with Crippen LogP contribution in [0.3, 0.4) is 0 Å². The monoisotopic (exact) mass is 283 g/mol. The summed E-state index contributed by atoms with van der Waals surface area (Å²) < 4.78 is 11.2. The molecule has 0 aromatic heterocycles. The molecule has 1 fully saturated rings. The van der Waals surface area contributed by atoms with E-state index in [2.05, 4.69) is 5.32 Å². The minimum Gasteiger partial charge on any atom is -0.493 e. The maximum atomic E-state index is 6.39. The summed E-state index contributed by atoms with van der Waals surface area (Å²) in [4.78, 5) is 0. The zero-order valence-electron chi connectivity index (χ0n) is 11.8. The van der Waals surface area contributed by atoms with E-state index >= 15 is 0 Å². The van der Waals surface area contributed by atoms with Crippen LogP contribution in [0.25, 0.3) is 0 Å². The molecule has 0 bridgehead atoms. The summed E-state index contributed by atoms with van der Waals surface area (Å²) in [6.45, 7) is 6.10. The second-order valence-electron chi connectivity index (χ2n) is 5.23. The summed E-state index contributed by atoms with van der Waals surface area (Å²) in [5, 5.41) is 4.18. The molecule has 106 valence electrons. The molecule has 1 aliphatic rings. The van der Waals surface area contributed by atoms with Gasteiger partial charge in [0.1, 0.15) is 0 Å². The molecule has 1 atom stereocenters. The van der Waals surface area contributed by atoms with Gasteiger partial charge in [-0.15, -0.1) is 0 Å². The van der Waals surface area contributed by atoms with E-state index in [0.29, 0.717) is 11.7 Å². The first-order valence-corrected chi connectivity index (χ1v) is 7.24. The molecular weight excluding hydrogens is 262 g/mol. The third-order valence-electron chi connectivity index (χ3n) is 3.38. The van der Waals surface area contributed by atoms with Crippen LogP contribution in [-0.2, 0) is 0 Å². The van der Waals surface area contributed by atoms with Crippen molar-refractivity contribution in [3.8, 4) is 11.5 Å². The molecule has 0 aliphatic carbocycles. The Morgan fingerprint density at radius 1 is 1.32 bits per heavy atom. The first-order valence-electron chi connectivity index (χ1n) is 6.86. The highest BCUT2D eigenvalue weighted by molar-refractivity contribution is 6.31. The fourth-order valence-electron chi connectivity index (χ4n) is 2.49. The van der Waals surface area contributed by atoms with Gasteiger partial charge in [-0.05, 0) is 50.8 Å². The van der Waals surface area contributed by atoms with Gasteiger partial charge in [-0.25, -0.2) is 0 Å². The molecule has 1 aromatic carbocycles. The van der Waals surface area contributed by atoms with E-state index in [1.54, 1.807) is 7.11 Å². The number of halogens is 1. The Kier molecular flexibility index (Phi) is 4.94. The van der Waals surface area contributed by atoms with E-state index in [1.165, 1.54) is 12.8 Å². The largest absolute Gasteiger partial charge is 0.493 e. The van der Waals surface area contributed by atoms with Gasteiger partial charge in [0.2, 0.25) is 0 Å². The lowest BCUT2D eigenvalue weighted by Gasteiger charge is -2.25. The summed E-state index contributed by atoms with van der Waals surface area (Å²) in [6.07, 6.45) is 2.47. The van der Waals surface area contributed by atoms with Crippen molar-refractivity contribution in [2.75, 3.05) is 20.2 Å². The van der Waals surface area contributed by atoms with Gasteiger partial charge in [-0.3, -0.25) is 0 Å². The molecule has 3 nitrogen and oxygen atoms in total.